The van der Waals surface area contributed by atoms with Crippen molar-refractivity contribution < 1.29 is 14.4 Å². The van der Waals surface area contributed by atoms with Crippen LogP contribution in [0.1, 0.15) is 36.0 Å². The molecule has 1 unspecified atom stereocenters. The number of Topliss-reactive ketones (excluding diaryl/α,β-unsaturated/α-hetero) is 2. The van der Waals surface area contributed by atoms with Crippen LogP contribution in [-0.4, -0.2) is 24.0 Å². The van der Waals surface area contributed by atoms with Crippen LogP contribution in [0.4, 0.5) is 5.69 Å². The Labute approximate surface area is 125 Å². The van der Waals surface area contributed by atoms with Crippen molar-refractivity contribution in [3.8, 4) is 0 Å². The summed E-state index contributed by atoms with van der Waals surface area (Å²) < 4.78 is 0.743. The summed E-state index contributed by atoms with van der Waals surface area (Å²) in [5.74, 6) is -0.615. The third-order valence-corrected chi connectivity index (χ3v) is 4.71. The lowest BCUT2D eigenvalue weighted by Crippen LogP contribution is -2.32. The molecule has 1 amide bonds. The molecular weight excluding hydrogens is 322 g/mol. The molecule has 0 bridgehead atoms. The van der Waals surface area contributed by atoms with Gasteiger partial charge in [0.05, 0.1) is 11.3 Å². The molecule has 1 fully saturated rings. The highest BCUT2D eigenvalue weighted by atomic mass is 79.9. The van der Waals surface area contributed by atoms with E-state index >= 15 is 0 Å². The minimum absolute atomic E-state index is 0.0458. The summed E-state index contributed by atoms with van der Waals surface area (Å²) >= 11 is 3.40. The summed E-state index contributed by atoms with van der Waals surface area (Å²) in [4.78, 5) is 37.2. The third-order valence-electron chi connectivity index (χ3n) is 4.07. The van der Waals surface area contributed by atoms with E-state index in [-0.39, 0.29) is 11.7 Å². The summed E-state index contributed by atoms with van der Waals surface area (Å²) in [5, 5.41) is 0. The highest BCUT2D eigenvalue weighted by molar-refractivity contribution is 9.10. The Bertz CT molecular complexity index is 611. The van der Waals surface area contributed by atoms with Crippen molar-refractivity contribution in [3.63, 3.8) is 0 Å². The Kier molecular flexibility index (Phi) is 3.46. The number of hydrogen-bond donors (Lipinski definition) is 0. The van der Waals surface area contributed by atoms with E-state index in [0.717, 1.165) is 17.3 Å². The average Bonchev–Trinajstić information content (AvgIpc) is 2.94. The maximum Gasteiger partial charge on any atom is 0.299 e. The molecule has 0 spiro atoms. The van der Waals surface area contributed by atoms with Crippen LogP contribution in [0.3, 0.4) is 0 Å². The maximum absolute atomic E-state index is 12.1. The zero-order valence-electron chi connectivity index (χ0n) is 10.9. The van der Waals surface area contributed by atoms with Gasteiger partial charge >= 0.3 is 0 Å². The molecule has 1 saturated carbocycles. The number of hydrogen-bond acceptors (Lipinski definition) is 3. The average molecular weight is 336 g/mol. The standard InChI is InChI=1S/C15H14BrNO3/c16-11-5-2-4-10-13(11)17(15(20)14(10)19)8-7-9-3-1-6-12(9)18/h2,4-5,9H,1,3,6-8H2. The predicted molar refractivity (Wildman–Crippen MR) is 77.8 cm³/mol. The van der Waals surface area contributed by atoms with E-state index in [2.05, 4.69) is 15.9 Å². The van der Waals surface area contributed by atoms with Gasteiger partial charge in [-0.1, -0.05) is 6.07 Å². The second-order valence-electron chi connectivity index (χ2n) is 5.27. The van der Waals surface area contributed by atoms with Crippen LogP contribution in [0.15, 0.2) is 22.7 Å². The van der Waals surface area contributed by atoms with E-state index in [9.17, 15) is 14.4 Å². The molecule has 3 rings (SSSR count). The van der Waals surface area contributed by atoms with Crippen molar-refractivity contribution in [2.45, 2.75) is 25.7 Å². The summed E-state index contributed by atoms with van der Waals surface area (Å²) in [6, 6.07) is 5.23. The van der Waals surface area contributed by atoms with Crippen LogP contribution in [-0.2, 0) is 9.59 Å². The monoisotopic (exact) mass is 335 g/mol. The van der Waals surface area contributed by atoms with E-state index in [1.165, 1.54) is 4.90 Å². The number of nitrogens with zero attached hydrogens (tertiary/aromatic N) is 1. The largest absolute Gasteiger partial charge is 0.304 e. The van der Waals surface area contributed by atoms with Crippen molar-refractivity contribution in [2.24, 2.45) is 5.92 Å². The fourth-order valence-corrected chi connectivity index (χ4v) is 3.58. The number of fused-ring (bicyclic) bond motifs is 1. The zero-order chi connectivity index (χ0) is 14.3. The minimum Gasteiger partial charge on any atom is -0.304 e. The Morgan fingerprint density at radius 3 is 2.75 bits per heavy atom. The quantitative estimate of drug-likeness (QED) is 0.798. The zero-order valence-corrected chi connectivity index (χ0v) is 12.5. The fraction of sp³-hybridized carbons (Fsp3) is 0.400. The molecule has 1 aliphatic carbocycles. The minimum atomic E-state index is -0.489. The first-order valence-electron chi connectivity index (χ1n) is 6.77. The first-order valence-corrected chi connectivity index (χ1v) is 7.56. The molecule has 5 heteroatoms. The molecular formula is C15H14BrNO3. The topological polar surface area (TPSA) is 54.5 Å². The normalized spacial score (nSPS) is 21.8. The van der Waals surface area contributed by atoms with Gasteiger partial charge in [0.2, 0.25) is 0 Å². The van der Waals surface area contributed by atoms with Gasteiger partial charge in [-0.3, -0.25) is 14.4 Å². The molecule has 20 heavy (non-hydrogen) atoms. The van der Waals surface area contributed by atoms with Gasteiger partial charge in [0.1, 0.15) is 5.78 Å². The lowest BCUT2D eigenvalue weighted by Gasteiger charge is -2.19. The molecule has 0 saturated heterocycles. The summed E-state index contributed by atoms with van der Waals surface area (Å²) in [7, 11) is 0. The van der Waals surface area contributed by atoms with Crippen LogP contribution in [0.2, 0.25) is 0 Å². The molecule has 2 aliphatic rings. The van der Waals surface area contributed by atoms with Crippen LogP contribution in [0, 0.1) is 5.92 Å². The first-order chi connectivity index (χ1) is 9.59. The molecule has 1 atom stereocenters. The van der Waals surface area contributed by atoms with Gasteiger partial charge in [-0.2, -0.15) is 0 Å². The number of rotatable bonds is 3. The van der Waals surface area contributed by atoms with Gasteiger partial charge in [-0.25, -0.2) is 0 Å². The molecule has 1 heterocycles. The van der Waals surface area contributed by atoms with Crippen LogP contribution < -0.4 is 4.90 Å². The maximum atomic E-state index is 12.1. The fourth-order valence-electron chi connectivity index (χ4n) is 3.00. The number of amides is 1. The highest BCUT2D eigenvalue weighted by Gasteiger charge is 2.37. The van der Waals surface area contributed by atoms with E-state index in [1.54, 1.807) is 12.1 Å². The Morgan fingerprint density at radius 1 is 1.25 bits per heavy atom. The number of halogens is 1. The van der Waals surface area contributed by atoms with Crippen molar-refractivity contribution in [1.82, 2.24) is 0 Å². The lowest BCUT2D eigenvalue weighted by molar-refractivity contribution is -0.121. The Hall–Kier alpha value is -1.49. The van der Waals surface area contributed by atoms with Crippen molar-refractivity contribution in [3.05, 3.63) is 28.2 Å². The third kappa shape index (κ3) is 2.10. The van der Waals surface area contributed by atoms with Gasteiger partial charge in [-0.05, 0) is 47.3 Å². The van der Waals surface area contributed by atoms with Gasteiger partial charge in [0, 0.05) is 23.4 Å². The number of ketones is 2. The number of carbonyl (C=O) groups excluding carboxylic acids is 3. The summed E-state index contributed by atoms with van der Waals surface area (Å²) in [6.07, 6.45) is 3.13. The lowest BCUT2D eigenvalue weighted by atomic mass is 10.0. The highest BCUT2D eigenvalue weighted by Crippen LogP contribution is 2.36. The first kappa shape index (κ1) is 13.5. The molecule has 0 aromatic heterocycles. The summed E-state index contributed by atoms with van der Waals surface area (Å²) in [5.41, 5.74) is 1.09. The van der Waals surface area contributed by atoms with E-state index < -0.39 is 11.7 Å². The van der Waals surface area contributed by atoms with Crippen LogP contribution in [0.25, 0.3) is 0 Å². The van der Waals surface area contributed by atoms with Gasteiger partial charge in [0.25, 0.3) is 11.7 Å². The smallest absolute Gasteiger partial charge is 0.299 e. The van der Waals surface area contributed by atoms with Crippen molar-refractivity contribution in [1.29, 1.82) is 0 Å². The predicted octanol–water partition coefficient (Wildman–Crippen LogP) is 2.74. The molecule has 0 N–H and O–H groups in total. The molecule has 0 radical (unpaired) electrons. The Balaban J connectivity index is 1.82. The molecule has 1 aliphatic heterocycles. The van der Waals surface area contributed by atoms with Gasteiger partial charge in [0.15, 0.2) is 0 Å². The van der Waals surface area contributed by atoms with Gasteiger partial charge < -0.3 is 4.90 Å². The second-order valence-corrected chi connectivity index (χ2v) is 6.12. The van der Waals surface area contributed by atoms with Crippen LogP contribution >= 0.6 is 15.9 Å². The molecule has 104 valence electrons. The van der Waals surface area contributed by atoms with Gasteiger partial charge in [-0.15, -0.1) is 0 Å². The van der Waals surface area contributed by atoms with Crippen molar-refractivity contribution in [2.75, 3.05) is 11.4 Å². The number of anilines is 1. The number of benzene rings is 1. The molecule has 1 aromatic rings. The molecule has 1 aromatic carbocycles. The molecule has 4 nitrogen and oxygen atoms in total. The Morgan fingerprint density at radius 2 is 2.05 bits per heavy atom. The van der Waals surface area contributed by atoms with E-state index in [0.29, 0.717) is 30.6 Å². The number of para-hydroxylation sites is 1. The van der Waals surface area contributed by atoms with E-state index in [1.807, 2.05) is 6.07 Å². The van der Waals surface area contributed by atoms with E-state index in [4.69, 9.17) is 0 Å². The van der Waals surface area contributed by atoms with Crippen LogP contribution in [0.5, 0.6) is 0 Å². The van der Waals surface area contributed by atoms with Crippen molar-refractivity contribution >= 4 is 39.1 Å². The summed E-state index contributed by atoms with van der Waals surface area (Å²) in [6.45, 7) is 0.427. The second kappa shape index (κ2) is 5.13. The number of carbonyl (C=O) groups is 3. The SMILES string of the molecule is O=C1C(=O)N(CCC2CCCC2=O)c2c(Br)cccc21.